The van der Waals surface area contributed by atoms with Crippen LogP contribution in [-0.2, 0) is 4.74 Å². The summed E-state index contributed by atoms with van der Waals surface area (Å²) in [5.74, 6) is 0. The Morgan fingerprint density at radius 2 is 2.20 bits per heavy atom. The van der Waals surface area contributed by atoms with Gasteiger partial charge in [0.2, 0.25) is 0 Å². The maximum absolute atomic E-state index is 11.7. The molecule has 1 aliphatic rings. The van der Waals surface area contributed by atoms with E-state index in [1.54, 1.807) is 0 Å². The Labute approximate surface area is 120 Å². The zero-order valence-corrected chi connectivity index (χ0v) is 12.3. The standard InChI is InChI=1S/C15H23N3O2/c1-15(2,3)20-14(19)17-12-7-8-18(10-12)13-6-4-5-11(16)9-13/h4-6,9,12H,7-8,10,16H2,1-3H3,(H,17,19)/t12-/m0/s1. The molecule has 0 radical (unpaired) electrons. The van der Waals surface area contributed by atoms with Crippen LogP contribution in [0.3, 0.4) is 0 Å². The number of carbonyl (C=O) groups is 1. The molecule has 0 spiro atoms. The SMILES string of the molecule is CC(C)(C)OC(=O)N[C@H]1CCN(c2cccc(N)c2)C1. The van der Waals surface area contributed by atoms with Crippen LogP contribution in [0.4, 0.5) is 16.2 Å². The van der Waals surface area contributed by atoms with Crippen LogP contribution >= 0.6 is 0 Å². The Morgan fingerprint density at radius 1 is 1.45 bits per heavy atom. The summed E-state index contributed by atoms with van der Waals surface area (Å²) in [6.45, 7) is 7.27. The van der Waals surface area contributed by atoms with E-state index in [9.17, 15) is 4.79 Å². The number of nitrogen functional groups attached to an aromatic ring is 1. The lowest BCUT2D eigenvalue weighted by molar-refractivity contribution is 0.0509. The molecule has 1 saturated heterocycles. The van der Waals surface area contributed by atoms with Gasteiger partial charge in [-0.25, -0.2) is 4.79 Å². The van der Waals surface area contributed by atoms with Gasteiger partial charge < -0.3 is 20.7 Å². The maximum Gasteiger partial charge on any atom is 0.407 e. The van der Waals surface area contributed by atoms with Crippen LogP contribution < -0.4 is 16.0 Å². The Balaban J connectivity index is 1.88. The number of rotatable bonds is 2. The molecule has 110 valence electrons. The first-order chi connectivity index (χ1) is 9.33. The van der Waals surface area contributed by atoms with Gasteiger partial charge in [0.15, 0.2) is 0 Å². The van der Waals surface area contributed by atoms with Crippen molar-refractivity contribution in [2.75, 3.05) is 23.7 Å². The molecule has 1 aromatic rings. The van der Waals surface area contributed by atoms with Crippen molar-refractivity contribution >= 4 is 17.5 Å². The molecule has 3 N–H and O–H groups in total. The highest BCUT2D eigenvalue weighted by Crippen LogP contribution is 2.22. The van der Waals surface area contributed by atoms with Crippen LogP contribution in [0.5, 0.6) is 0 Å². The Kier molecular flexibility index (Phi) is 4.06. The van der Waals surface area contributed by atoms with Gasteiger partial charge in [0.05, 0.1) is 6.04 Å². The molecule has 0 unspecified atom stereocenters. The van der Waals surface area contributed by atoms with Gasteiger partial charge in [-0.05, 0) is 45.4 Å². The fourth-order valence-corrected chi connectivity index (χ4v) is 2.31. The average molecular weight is 277 g/mol. The van der Waals surface area contributed by atoms with Crippen molar-refractivity contribution in [2.24, 2.45) is 0 Å². The number of amides is 1. The summed E-state index contributed by atoms with van der Waals surface area (Å²) in [6, 6.07) is 7.92. The summed E-state index contributed by atoms with van der Waals surface area (Å²) >= 11 is 0. The number of alkyl carbamates (subject to hydrolysis) is 1. The Morgan fingerprint density at radius 3 is 2.85 bits per heavy atom. The van der Waals surface area contributed by atoms with Crippen LogP contribution in [0.25, 0.3) is 0 Å². The van der Waals surface area contributed by atoms with E-state index in [2.05, 4.69) is 10.2 Å². The largest absolute Gasteiger partial charge is 0.444 e. The summed E-state index contributed by atoms with van der Waals surface area (Å²) in [5.41, 5.74) is 7.18. The number of carbonyl (C=O) groups excluding carboxylic acids is 1. The Bertz CT molecular complexity index is 482. The van der Waals surface area contributed by atoms with Crippen molar-refractivity contribution in [1.29, 1.82) is 0 Å². The van der Waals surface area contributed by atoms with Crippen LogP contribution in [0.1, 0.15) is 27.2 Å². The minimum absolute atomic E-state index is 0.117. The third-order valence-electron chi connectivity index (χ3n) is 3.14. The van der Waals surface area contributed by atoms with Crippen LogP contribution in [0, 0.1) is 0 Å². The quantitative estimate of drug-likeness (QED) is 0.814. The molecule has 0 aliphatic carbocycles. The number of anilines is 2. The van der Waals surface area contributed by atoms with Crippen LogP contribution in [-0.4, -0.2) is 30.8 Å². The second-order valence-electron chi connectivity index (χ2n) is 6.17. The number of hydrogen-bond donors (Lipinski definition) is 2. The molecule has 0 aromatic heterocycles. The van der Waals surface area contributed by atoms with Crippen molar-refractivity contribution in [3.63, 3.8) is 0 Å². The number of ether oxygens (including phenoxy) is 1. The van der Waals surface area contributed by atoms with Gasteiger partial charge in [0.1, 0.15) is 5.60 Å². The molecule has 5 nitrogen and oxygen atoms in total. The summed E-state index contributed by atoms with van der Waals surface area (Å²) in [7, 11) is 0. The first-order valence-corrected chi connectivity index (χ1v) is 6.93. The number of nitrogens with two attached hydrogens (primary N) is 1. The van der Waals surface area contributed by atoms with E-state index < -0.39 is 5.60 Å². The lowest BCUT2D eigenvalue weighted by Crippen LogP contribution is -2.40. The number of benzene rings is 1. The highest BCUT2D eigenvalue weighted by molar-refractivity contribution is 5.68. The summed E-state index contributed by atoms with van der Waals surface area (Å²) in [6.07, 6.45) is 0.561. The lowest BCUT2D eigenvalue weighted by atomic mass is 10.2. The maximum atomic E-state index is 11.7. The van der Waals surface area contributed by atoms with Gasteiger partial charge in [0, 0.05) is 24.5 Å². The van der Waals surface area contributed by atoms with Crippen molar-refractivity contribution in [2.45, 2.75) is 38.8 Å². The summed E-state index contributed by atoms with van der Waals surface area (Å²) in [4.78, 5) is 14.0. The van der Waals surface area contributed by atoms with Gasteiger partial charge in [-0.15, -0.1) is 0 Å². The molecule has 1 heterocycles. The van der Waals surface area contributed by atoms with E-state index in [0.29, 0.717) is 0 Å². The van der Waals surface area contributed by atoms with E-state index in [1.165, 1.54) is 0 Å². The molecule has 1 fully saturated rings. The van der Waals surface area contributed by atoms with E-state index >= 15 is 0 Å². The topological polar surface area (TPSA) is 67.6 Å². The average Bonchev–Trinajstić information content (AvgIpc) is 2.74. The van der Waals surface area contributed by atoms with Gasteiger partial charge in [0.25, 0.3) is 0 Å². The van der Waals surface area contributed by atoms with Gasteiger partial charge in [-0.1, -0.05) is 6.07 Å². The summed E-state index contributed by atoms with van der Waals surface area (Å²) < 4.78 is 5.27. The first kappa shape index (κ1) is 14.5. The zero-order chi connectivity index (χ0) is 14.8. The smallest absolute Gasteiger partial charge is 0.407 e. The molecular formula is C15H23N3O2. The molecule has 20 heavy (non-hydrogen) atoms. The third kappa shape index (κ3) is 4.05. The fraction of sp³-hybridized carbons (Fsp3) is 0.533. The molecule has 1 atom stereocenters. The van der Waals surface area contributed by atoms with Crippen LogP contribution in [0.2, 0.25) is 0 Å². The van der Waals surface area contributed by atoms with Crippen molar-refractivity contribution in [3.05, 3.63) is 24.3 Å². The third-order valence-corrected chi connectivity index (χ3v) is 3.14. The second kappa shape index (κ2) is 5.61. The molecule has 5 heteroatoms. The van der Waals surface area contributed by atoms with E-state index in [0.717, 1.165) is 30.9 Å². The van der Waals surface area contributed by atoms with Gasteiger partial charge in [-0.2, -0.15) is 0 Å². The van der Waals surface area contributed by atoms with Crippen molar-refractivity contribution in [3.8, 4) is 0 Å². The number of hydrogen-bond acceptors (Lipinski definition) is 4. The molecule has 0 bridgehead atoms. The van der Waals surface area contributed by atoms with Crippen molar-refractivity contribution in [1.82, 2.24) is 5.32 Å². The van der Waals surface area contributed by atoms with E-state index in [1.807, 2.05) is 45.0 Å². The predicted octanol–water partition coefficient (Wildman–Crippen LogP) is 2.37. The summed E-state index contributed by atoms with van der Waals surface area (Å²) in [5, 5.41) is 2.92. The molecule has 1 aliphatic heterocycles. The second-order valence-corrected chi connectivity index (χ2v) is 6.17. The monoisotopic (exact) mass is 277 g/mol. The van der Waals surface area contributed by atoms with E-state index in [4.69, 9.17) is 10.5 Å². The zero-order valence-electron chi connectivity index (χ0n) is 12.3. The molecule has 1 aromatic carbocycles. The normalized spacial score (nSPS) is 18.9. The van der Waals surface area contributed by atoms with Crippen LogP contribution in [0.15, 0.2) is 24.3 Å². The molecular weight excluding hydrogens is 254 g/mol. The lowest BCUT2D eigenvalue weighted by Gasteiger charge is -2.22. The fourth-order valence-electron chi connectivity index (χ4n) is 2.31. The van der Waals surface area contributed by atoms with E-state index in [-0.39, 0.29) is 12.1 Å². The minimum Gasteiger partial charge on any atom is -0.444 e. The van der Waals surface area contributed by atoms with Crippen molar-refractivity contribution < 1.29 is 9.53 Å². The minimum atomic E-state index is -0.462. The molecule has 1 amide bonds. The molecule has 2 rings (SSSR count). The number of nitrogens with zero attached hydrogens (tertiary/aromatic N) is 1. The number of nitrogens with one attached hydrogen (secondary N) is 1. The first-order valence-electron chi connectivity index (χ1n) is 6.93. The molecule has 0 saturated carbocycles. The van der Waals surface area contributed by atoms with Gasteiger partial charge >= 0.3 is 6.09 Å². The Hall–Kier alpha value is -1.91. The van der Waals surface area contributed by atoms with Gasteiger partial charge in [-0.3, -0.25) is 0 Å². The predicted molar refractivity (Wildman–Crippen MR) is 80.8 cm³/mol. The highest BCUT2D eigenvalue weighted by atomic mass is 16.6. The highest BCUT2D eigenvalue weighted by Gasteiger charge is 2.26.